The van der Waals surface area contributed by atoms with Crippen molar-refractivity contribution in [3.63, 3.8) is 0 Å². The third-order valence-electron chi connectivity index (χ3n) is 1.85. The summed E-state index contributed by atoms with van der Waals surface area (Å²) in [6.45, 7) is 0. The molecule has 76 valence electrons. The van der Waals surface area contributed by atoms with Gasteiger partial charge in [-0.3, -0.25) is 0 Å². The highest BCUT2D eigenvalue weighted by Crippen LogP contribution is 2.29. The van der Waals surface area contributed by atoms with Gasteiger partial charge >= 0.3 is 0 Å². The second-order valence-corrected chi connectivity index (χ2v) is 3.34. The summed E-state index contributed by atoms with van der Waals surface area (Å²) in [6, 6.07) is 10.6. The van der Waals surface area contributed by atoms with Gasteiger partial charge in [0.1, 0.15) is 5.02 Å². The number of para-hydroxylation sites is 2. The van der Waals surface area contributed by atoms with Gasteiger partial charge in [0.05, 0.1) is 5.69 Å². The number of pyridine rings is 1. The van der Waals surface area contributed by atoms with Crippen LogP contribution in [0, 0.1) is 0 Å². The van der Waals surface area contributed by atoms with Crippen molar-refractivity contribution in [2.45, 2.75) is 0 Å². The van der Waals surface area contributed by atoms with Crippen molar-refractivity contribution in [1.29, 1.82) is 0 Å². The van der Waals surface area contributed by atoms with Crippen LogP contribution < -0.4 is 10.5 Å². The lowest BCUT2D eigenvalue weighted by molar-refractivity contribution is 0.465. The van der Waals surface area contributed by atoms with Gasteiger partial charge in [0.15, 0.2) is 5.75 Å². The predicted molar refractivity (Wildman–Crippen MR) is 60.2 cm³/mol. The normalized spacial score (nSPS) is 9.93. The van der Waals surface area contributed by atoms with Gasteiger partial charge in [-0.2, -0.15) is 0 Å². The van der Waals surface area contributed by atoms with Gasteiger partial charge in [-0.1, -0.05) is 23.7 Å². The molecule has 4 heteroatoms. The molecular weight excluding hydrogens is 212 g/mol. The van der Waals surface area contributed by atoms with Crippen molar-refractivity contribution in [3.05, 3.63) is 47.6 Å². The molecule has 0 aliphatic heterocycles. The summed E-state index contributed by atoms with van der Waals surface area (Å²) in [6.07, 6.45) is 1.61. The Bertz CT molecular complexity index is 430. The minimum atomic E-state index is 0.358. The molecule has 0 unspecified atom stereocenters. The van der Waals surface area contributed by atoms with Crippen molar-refractivity contribution in [2.24, 2.45) is 0 Å². The Hall–Kier alpha value is -1.74. The molecule has 0 radical (unpaired) electrons. The van der Waals surface area contributed by atoms with E-state index in [0.29, 0.717) is 22.3 Å². The first kappa shape index (κ1) is 9.80. The Kier molecular flexibility index (Phi) is 2.74. The van der Waals surface area contributed by atoms with E-state index in [0.717, 1.165) is 0 Å². The Morgan fingerprint density at radius 1 is 1.13 bits per heavy atom. The van der Waals surface area contributed by atoms with Crippen LogP contribution in [0.3, 0.4) is 0 Å². The SMILES string of the molecule is Nc1ccccc1Oc1ncccc1Cl. The molecule has 0 spiro atoms. The van der Waals surface area contributed by atoms with E-state index in [4.69, 9.17) is 22.1 Å². The molecular formula is C11H9ClN2O. The third-order valence-corrected chi connectivity index (χ3v) is 2.14. The number of halogens is 1. The predicted octanol–water partition coefficient (Wildman–Crippen LogP) is 3.11. The van der Waals surface area contributed by atoms with Crippen molar-refractivity contribution in [1.82, 2.24) is 4.98 Å². The number of nitrogens with two attached hydrogens (primary N) is 1. The standard InChI is InChI=1S/C11H9ClN2O/c12-8-4-3-7-14-11(8)15-10-6-2-1-5-9(10)13/h1-7H,13H2. The molecule has 0 atom stereocenters. The van der Waals surface area contributed by atoms with Gasteiger partial charge < -0.3 is 10.5 Å². The molecule has 15 heavy (non-hydrogen) atoms. The van der Waals surface area contributed by atoms with Crippen LogP contribution in [0.15, 0.2) is 42.6 Å². The molecule has 2 aromatic rings. The van der Waals surface area contributed by atoms with Gasteiger partial charge in [0.2, 0.25) is 5.88 Å². The van der Waals surface area contributed by atoms with Crippen molar-refractivity contribution < 1.29 is 4.74 Å². The number of benzene rings is 1. The summed E-state index contributed by atoms with van der Waals surface area (Å²) >= 11 is 5.90. The minimum absolute atomic E-state index is 0.358. The molecule has 0 aliphatic rings. The van der Waals surface area contributed by atoms with Crippen LogP contribution in [0.4, 0.5) is 5.69 Å². The lowest BCUT2D eigenvalue weighted by Crippen LogP contribution is -1.93. The zero-order valence-corrected chi connectivity index (χ0v) is 8.61. The van der Waals surface area contributed by atoms with Crippen LogP contribution in [0.1, 0.15) is 0 Å². The molecule has 0 aliphatic carbocycles. The van der Waals surface area contributed by atoms with Crippen LogP contribution in [-0.4, -0.2) is 4.98 Å². The molecule has 0 saturated carbocycles. The first-order valence-corrected chi connectivity index (χ1v) is 4.78. The van der Waals surface area contributed by atoms with E-state index in [9.17, 15) is 0 Å². The number of ether oxygens (including phenoxy) is 1. The molecule has 0 saturated heterocycles. The van der Waals surface area contributed by atoms with Crippen LogP contribution >= 0.6 is 11.6 Å². The number of hydrogen-bond acceptors (Lipinski definition) is 3. The topological polar surface area (TPSA) is 48.1 Å². The van der Waals surface area contributed by atoms with Crippen molar-refractivity contribution in [3.8, 4) is 11.6 Å². The summed E-state index contributed by atoms with van der Waals surface area (Å²) < 4.78 is 5.47. The fourth-order valence-electron chi connectivity index (χ4n) is 1.12. The van der Waals surface area contributed by atoms with Gasteiger partial charge in [-0.05, 0) is 24.3 Å². The molecule has 1 aromatic carbocycles. The largest absolute Gasteiger partial charge is 0.435 e. The summed E-state index contributed by atoms with van der Waals surface area (Å²) in [4.78, 5) is 4.00. The first-order chi connectivity index (χ1) is 7.27. The van der Waals surface area contributed by atoms with E-state index in [-0.39, 0.29) is 0 Å². The van der Waals surface area contributed by atoms with E-state index >= 15 is 0 Å². The molecule has 0 amide bonds. The molecule has 2 N–H and O–H groups in total. The average Bonchev–Trinajstić information content (AvgIpc) is 2.24. The molecule has 0 bridgehead atoms. The maximum Gasteiger partial charge on any atom is 0.238 e. The first-order valence-electron chi connectivity index (χ1n) is 4.40. The fourth-order valence-corrected chi connectivity index (χ4v) is 1.28. The lowest BCUT2D eigenvalue weighted by atomic mass is 10.3. The van der Waals surface area contributed by atoms with Crippen LogP contribution in [0.5, 0.6) is 11.6 Å². The average molecular weight is 221 g/mol. The van der Waals surface area contributed by atoms with Crippen molar-refractivity contribution in [2.75, 3.05) is 5.73 Å². The van der Waals surface area contributed by atoms with E-state index < -0.39 is 0 Å². The fraction of sp³-hybridized carbons (Fsp3) is 0. The molecule has 0 fully saturated rings. The Morgan fingerprint density at radius 3 is 2.67 bits per heavy atom. The third kappa shape index (κ3) is 2.19. The Morgan fingerprint density at radius 2 is 1.93 bits per heavy atom. The quantitative estimate of drug-likeness (QED) is 0.792. The number of rotatable bonds is 2. The maximum absolute atomic E-state index is 5.90. The van der Waals surface area contributed by atoms with E-state index in [1.807, 2.05) is 12.1 Å². The van der Waals surface area contributed by atoms with Crippen molar-refractivity contribution >= 4 is 17.3 Å². The second-order valence-electron chi connectivity index (χ2n) is 2.93. The lowest BCUT2D eigenvalue weighted by Gasteiger charge is -2.07. The Balaban J connectivity index is 2.30. The summed E-state index contributed by atoms with van der Waals surface area (Å²) in [5.74, 6) is 0.912. The zero-order valence-electron chi connectivity index (χ0n) is 7.85. The van der Waals surface area contributed by atoms with E-state index in [2.05, 4.69) is 4.98 Å². The zero-order chi connectivity index (χ0) is 10.7. The number of nitrogens with zero attached hydrogens (tertiary/aromatic N) is 1. The number of anilines is 1. The van der Waals surface area contributed by atoms with Gasteiger partial charge in [0, 0.05) is 6.20 Å². The summed E-state index contributed by atoms with van der Waals surface area (Å²) in [5.41, 5.74) is 6.28. The number of hydrogen-bond donors (Lipinski definition) is 1. The number of nitrogen functional groups attached to an aromatic ring is 1. The smallest absolute Gasteiger partial charge is 0.238 e. The van der Waals surface area contributed by atoms with Crippen LogP contribution in [0.2, 0.25) is 5.02 Å². The molecule has 2 rings (SSSR count). The van der Waals surface area contributed by atoms with Gasteiger partial charge in [0.25, 0.3) is 0 Å². The van der Waals surface area contributed by atoms with E-state index in [1.54, 1.807) is 30.5 Å². The molecule has 1 aromatic heterocycles. The minimum Gasteiger partial charge on any atom is -0.435 e. The van der Waals surface area contributed by atoms with Crippen LogP contribution in [0.25, 0.3) is 0 Å². The molecule has 1 heterocycles. The highest BCUT2D eigenvalue weighted by molar-refractivity contribution is 6.31. The highest BCUT2D eigenvalue weighted by atomic mass is 35.5. The molecule has 3 nitrogen and oxygen atoms in total. The van der Waals surface area contributed by atoms with Gasteiger partial charge in [-0.25, -0.2) is 4.98 Å². The van der Waals surface area contributed by atoms with E-state index in [1.165, 1.54) is 0 Å². The van der Waals surface area contributed by atoms with Gasteiger partial charge in [-0.15, -0.1) is 0 Å². The summed E-state index contributed by atoms with van der Waals surface area (Å²) in [7, 11) is 0. The monoisotopic (exact) mass is 220 g/mol. The maximum atomic E-state index is 5.90. The highest BCUT2D eigenvalue weighted by Gasteiger charge is 2.05. The summed E-state index contributed by atoms with van der Waals surface area (Å²) in [5, 5.41) is 0.459. The Labute approximate surface area is 92.5 Å². The van der Waals surface area contributed by atoms with Crippen LogP contribution in [-0.2, 0) is 0 Å². The second kappa shape index (κ2) is 4.19. The number of aromatic nitrogens is 1.